The fourth-order valence-electron chi connectivity index (χ4n) is 3.34. The lowest BCUT2D eigenvalue weighted by Crippen LogP contribution is -2.39. The summed E-state index contributed by atoms with van der Waals surface area (Å²) in [5.74, 6) is -0.683. The van der Waals surface area contributed by atoms with Crippen molar-refractivity contribution in [3.8, 4) is 0 Å². The molecule has 2 amide bonds. The summed E-state index contributed by atoms with van der Waals surface area (Å²) in [7, 11) is 0. The first-order valence-corrected chi connectivity index (χ1v) is 10.2. The first-order valence-electron chi connectivity index (χ1n) is 9.35. The van der Waals surface area contributed by atoms with Crippen LogP contribution in [0.15, 0.2) is 54.6 Å². The van der Waals surface area contributed by atoms with E-state index in [1.807, 2.05) is 35.2 Å². The number of hydrogen-bond donors (Lipinski definition) is 1. The molecule has 0 saturated carbocycles. The maximum Gasteiger partial charge on any atom is 0.286 e. The molecule has 1 atom stereocenters. The number of carbonyl (C=O) groups is 2. The van der Waals surface area contributed by atoms with Gasteiger partial charge in [-0.25, -0.2) is 4.39 Å². The first-order chi connectivity index (χ1) is 14.1. The van der Waals surface area contributed by atoms with Crippen LogP contribution in [0.25, 0.3) is 0 Å². The van der Waals surface area contributed by atoms with Crippen LogP contribution in [0.5, 0.6) is 0 Å². The summed E-state index contributed by atoms with van der Waals surface area (Å²) < 4.78 is 13.0. The summed E-state index contributed by atoms with van der Waals surface area (Å²) in [6, 6.07) is 14.8. The lowest BCUT2D eigenvalue weighted by molar-refractivity contribution is 0.0706. The standard InChI is InChI=1S/C21H19FN4O2S/c22-16-8-10-17(11-9-16)23-18(27)20-25-24-19(29-20)15-7-4-12-26(13-15)21(28)14-5-2-1-3-6-14/h1-3,5-6,8-11,15H,4,7,12-13H2,(H,23,27)/t15-/m1/s1. The molecule has 2 aromatic carbocycles. The molecule has 29 heavy (non-hydrogen) atoms. The predicted molar refractivity (Wildman–Crippen MR) is 109 cm³/mol. The van der Waals surface area contributed by atoms with Gasteiger partial charge in [-0.1, -0.05) is 29.5 Å². The molecule has 1 aromatic heterocycles. The highest BCUT2D eigenvalue weighted by molar-refractivity contribution is 7.13. The van der Waals surface area contributed by atoms with Crippen molar-refractivity contribution in [2.75, 3.05) is 18.4 Å². The van der Waals surface area contributed by atoms with Crippen molar-refractivity contribution in [1.82, 2.24) is 15.1 Å². The minimum absolute atomic E-state index is 0.00842. The Morgan fingerprint density at radius 1 is 1.07 bits per heavy atom. The molecule has 3 aromatic rings. The Labute approximate surface area is 171 Å². The average Bonchev–Trinajstić information content (AvgIpc) is 3.26. The number of piperidine rings is 1. The van der Waals surface area contributed by atoms with Crippen molar-refractivity contribution in [3.63, 3.8) is 0 Å². The lowest BCUT2D eigenvalue weighted by Gasteiger charge is -2.31. The smallest absolute Gasteiger partial charge is 0.286 e. The number of nitrogens with zero attached hydrogens (tertiary/aromatic N) is 3. The Morgan fingerprint density at radius 3 is 2.59 bits per heavy atom. The van der Waals surface area contributed by atoms with E-state index in [0.717, 1.165) is 17.8 Å². The van der Waals surface area contributed by atoms with Gasteiger partial charge in [-0.3, -0.25) is 9.59 Å². The van der Waals surface area contributed by atoms with Gasteiger partial charge in [-0.2, -0.15) is 0 Å². The second-order valence-corrected chi connectivity index (χ2v) is 7.87. The van der Waals surface area contributed by atoms with Gasteiger partial charge in [0, 0.05) is 30.3 Å². The molecule has 6 nitrogen and oxygen atoms in total. The summed E-state index contributed by atoms with van der Waals surface area (Å²) in [5, 5.41) is 11.9. The SMILES string of the molecule is O=C(Nc1ccc(F)cc1)c1nnc([C@@H]2CCCN(C(=O)c3ccccc3)C2)s1. The van der Waals surface area contributed by atoms with Crippen molar-refractivity contribution >= 4 is 28.8 Å². The summed E-state index contributed by atoms with van der Waals surface area (Å²) >= 11 is 1.23. The second kappa shape index (κ2) is 8.48. The number of aromatic nitrogens is 2. The third-order valence-corrected chi connectivity index (χ3v) is 5.90. The molecule has 0 spiro atoms. The number of amides is 2. The molecule has 1 N–H and O–H groups in total. The van der Waals surface area contributed by atoms with Crippen LogP contribution >= 0.6 is 11.3 Å². The molecule has 1 fully saturated rings. The van der Waals surface area contributed by atoms with Crippen LogP contribution in [0, 0.1) is 5.82 Å². The van der Waals surface area contributed by atoms with E-state index in [0.29, 0.717) is 24.3 Å². The summed E-state index contributed by atoms with van der Waals surface area (Å²) in [6.07, 6.45) is 1.77. The van der Waals surface area contributed by atoms with E-state index >= 15 is 0 Å². The fraction of sp³-hybridized carbons (Fsp3) is 0.238. The molecule has 8 heteroatoms. The number of rotatable bonds is 4. The third-order valence-electron chi connectivity index (χ3n) is 4.82. The molecule has 1 saturated heterocycles. The Kier molecular flexibility index (Phi) is 5.62. The molecule has 0 unspecified atom stereocenters. The molecule has 2 heterocycles. The lowest BCUT2D eigenvalue weighted by atomic mass is 9.98. The minimum atomic E-state index is -0.381. The molecule has 0 radical (unpaired) electrons. The monoisotopic (exact) mass is 410 g/mol. The van der Waals surface area contributed by atoms with Crippen LogP contribution in [0.4, 0.5) is 10.1 Å². The highest BCUT2D eigenvalue weighted by Gasteiger charge is 2.28. The molecule has 1 aliphatic rings. The van der Waals surface area contributed by atoms with Gasteiger partial charge in [0.25, 0.3) is 11.8 Å². The minimum Gasteiger partial charge on any atom is -0.338 e. The molecular formula is C21H19FN4O2S. The number of hydrogen-bond acceptors (Lipinski definition) is 5. The number of benzene rings is 2. The predicted octanol–water partition coefficient (Wildman–Crippen LogP) is 3.95. The zero-order valence-corrected chi connectivity index (χ0v) is 16.4. The fourth-order valence-corrected chi connectivity index (χ4v) is 4.20. The van der Waals surface area contributed by atoms with E-state index in [-0.39, 0.29) is 28.6 Å². The quantitative estimate of drug-likeness (QED) is 0.707. The maximum absolute atomic E-state index is 13.0. The Morgan fingerprint density at radius 2 is 1.83 bits per heavy atom. The van der Waals surface area contributed by atoms with E-state index in [4.69, 9.17) is 0 Å². The molecule has 0 bridgehead atoms. The van der Waals surface area contributed by atoms with Gasteiger partial charge in [0.15, 0.2) is 0 Å². The van der Waals surface area contributed by atoms with E-state index in [1.54, 1.807) is 0 Å². The van der Waals surface area contributed by atoms with Gasteiger partial charge in [0.05, 0.1) is 0 Å². The normalized spacial score (nSPS) is 16.4. The first kappa shape index (κ1) is 19.2. The third kappa shape index (κ3) is 4.48. The highest BCUT2D eigenvalue weighted by Crippen LogP contribution is 2.30. The van der Waals surface area contributed by atoms with Crippen LogP contribution in [-0.4, -0.2) is 40.0 Å². The zero-order chi connectivity index (χ0) is 20.2. The van der Waals surface area contributed by atoms with Crippen molar-refractivity contribution in [2.45, 2.75) is 18.8 Å². The summed E-state index contributed by atoms with van der Waals surface area (Å²) in [4.78, 5) is 26.9. The van der Waals surface area contributed by atoms with Crippen LogP contribution in [0.1, 0.15) is 43.9 Å². The average molecular weight is 410 g/mol. The van der Waals surface area contributed by atoms with Crippen LogP contribution < -0.4 is 5.32 Å². The highest BCUT2D eigenvalue weighted by atomic mass is 32.1. The van der Waals surface area contributed by atoms with E-state index in [9.17, 15) is 14.0 Å². The van der Waals surface area contributed by atoms with Crippen molar-refractivity contribution < 1.29 is 14.0 Å². The number of halogens is 1. The van der Waals surface area contributed by atoms with Crippen LogP contribution in [0.2, 0.25) is 0 Å². The topological polar surface area (TPSA) is 75.2 Å². The summed E-state index contributed by atoms with van der Waals surface area (Å²) in [6.45, 7) is 1.27. The van der Waals surface area contributed by atoms with Gasteiger partial charge in [0.1, 0.15) is 10.8 Å². The number of anilines is 1. The largest absolute Gasteiger partial charge is 0.338 e. The van der Waals surface area contributed by atoms with E-state index in [1.165, 1.54) is 35.6 Å². The second-order valence-electron chi connectivity index (χ2n) is 6.86. The van der Waals surface area contributed by atoms with Crippen molar-refractivity contribution in [3.05, 3.63) is 76.0 Å². The van der Waals surface area contributed by atoms with Gasteiger partial charge >= 0.3 is 0 Å². The molecular weight excluding hydrogens is 391 g/mol. The molecule has 0 aliphatic carbocycles. The van der Waals surface area contributed by atoms with Crippen molar-refractivity contribution in [1.29, 1.82) is 0 Å². The Balaban J connectivity index is 1.42. The Bertz CT molecular complexity index is 1010. The van der Waals surface area contributed by atoms with E-state index < -0.39 is 0 Å². The zero-order valence-electron chi connectivity index (χ0n) is 15.5. The maximum atomic E-state index is 13.0. The van der Waals surface area contributed by atoms with Crippen molar-refractivity contribution in [2.24, 2.45) is 0 Å². The van der Waals surface area contributed by atoms with Gasteiger partial charge in [-0.15, -0.1) is 10.2 Å². The number of nitrogens with one attached hydrogen (secondary N) is 1. The van der Waals surface area contributed by atoms with Crippen LogP contribution in [-0.2, 0) is 0 Å². The molecule has 4 rings (SSSR count). The van der Waals surface area contributed by atoms with Gasteiger partial charge in [-0.05, 0) is 49.2 Å². The molecule has 1 aliphatic heterocycles. The van der Waals surface area contributed by atoms with E-state index in [2.05, 4.69) is 15.5 Å². The number of carbonyl (C=O) groups excluding carboxylic acids is 2. The summed E-state index contributed by atoms with van der Waals surface area (Å²) in [5.41, 5.74) is 1.16. The molecule has 148 valence electrons. The Hall–Kier alpha value is -3.13. The van der Waals surface area contributed by atoms with Gasteiger partial charge < -0.3 is 10.2 Å². The van der Waals surface area contributed by atoms with Gasteiger partial charge in [0.2, 0.25) is 5.01 Å². The van der Waals surface area contributed by atoms with Crippen LogP contribution in [0.3, 0.4) is 0 Å². The number of likely N-dealkylation sites (tertiary alicyclic amines) is 1.